The van der Waals surface area contributed by atoms with Crippen LogP contribution in [0.2, 0.25) is 0 Å². The number of hydrogen-bond donors (Lipinski definition) is 2. The average molecular weight is 258 g/mol. The predicted octanol–water partition coefficient (Wildman–Crippen LogP) is 0.683. The van der Waals surface area contributed by atoms with Gasteiger partial charge in [-0.1, -0.05) is 0 Å². The Balaban J connectivity index is 2.43. The van der Waals surface area contributed by atoms with E-state index in [0.717, 1.165) is 13.0 Å². The summed E-state index contributed by atoms with van der Waals surface area (Å²) < 4.78 is 10.8. The van der Waals surface area contributed by atoms with Crippen LogP contribution in [0.5, 0.6) is 0 Å². The van der Waals surface area contributed by atoms with Crippen LogP contribution in [0.4, 0.5) is 0 Å². The minimum absolute atomic E-state index is 0.00148. The fourth-order valence-electron chi connectivity index (χ4n) is 2.23. The normalized spacial score (nSPS) is 26.7. The molecule has 0 saturated carbocycles. The average Bonchev–Trinajstić information content (AvgIpc) is 2.28. The van der Waals surface area contributed by atoms with E-state index in [9.17, 15) is 4.79 Å². The molecule has 18 heavy (non-hydrogen) atoms. The van der Waals surface area contributed by atoms with Crippen molar-refractivity contribution in [2.45, 2.75) is 57.9 Å². The van der Waals surface area contributed by atoms with E-state index in [1.54, 1.807) is 7.11 Å². The van der Waals surface area contributed by atoms with Crippen LogP contribution in [0.3, 0.4) is 0 Å². The lowest BCUT2D eigenvalue weighted by Crippen LogP contribution is -2.57. The number of ether oxygens (including phenoxy) is 2. The van der Waals surface area contributed by atoms with Gasteiger partial charge in [-0.3, -0.25) is 4.79 Å². The number of rotatable bonds is 5. The highest BCUT2D eigenvalue weighted by Gasteiger charge is 2.30. The predicted molar refractivity (Wildman–Crippen MR) is 70.5 cm³/mol. The molecule has 0 aromatic heterocycles. The molecule has 0 aromatic rings. The number of nitrogens with one attached hydrogen (secondary N) is 2. The van der Waals surface area contributed by atoms with Crippen molar-refractivity contribution in [2.24, 2.45) is 0 Å². The molecule has 1 fully saturated rings. The van der Waals surface area contributed by atoms with Crippen LogP contribution in [0.15, 0.2) is 0 Å². The second kappa shape index (κ2) is 6.50. The first-order valence-electron chi connectivity index (χ1n) is 6.56. The van der Waals surface area contributed by atoms with Crippen LogP contribution >= 0.6 is 0 Å². The van der Waals surface area contributed by atoms with Crippen LogP contribution in [0.1, 0.15) is 34.1 Å². The van der Waals surface area contributed by atoms with E-state index >= 15 is 0 Å². The Hall–Kier alpha value is -0.650. The lowest BCUT2D eigenvalue weighted by molar-refractivity contribution is -0.129. The summed E-state index contributed by atoms with van der Waals surface area (Å²) in [6.07, 6.45) is 0.693. The maximum atomic E-state index is 12.1. The van der Waals surface area contributed by atoms with Crippen LogP contribution in [-0.4, -0.2) is 50.0 Å². The molecule has 0 aromatic carbocycles. The molecule has 1 unspecified atom stereocenters. The molecule has 1 aliphatic rings. The summed E-state index contributed by atoms with van der Waals surface area (Å²) in [5.74, 6) is 0.00148. The highest BCUT2D eigenvalue weighted by atomic mass is 16.5. The largest absolute Gasteiger partial charge is 0.379 e. The van der Waals surface area contributed by atoms with Crippen molar-refractivity contribution in [3.8, 4) is 0 Å². The molecule has 5 nitrogen and oxygen atoms in total. The Bertz CT molecular complexity index is 281. The van der Waals surface area contributed by atoms with Gasteiger partial charge < -0.3 is 20.1 Å². The van der Waals surface area contributed by atoms with Gasteiger partial charge in [-0.15, -0.1) is 0 Å². The van der Waals surface area contributed by atoms with Crippen molar-refractivity contribution in [3.05, 3.63) is 0 Å². The van der Waals surface area contributed by atoms with Gasteiger partial charge in [0, 0.05) is 19.7 Å². The number of carbonyl (C=O) groups is 1. The van der Waals surface area contributed by atoms with Gasteiger partial charge in [0.05, 0.1) is 18.3 Å². The third-order valence-corrected chi connectivity index (χ3v) is 3.34. The minimum atomic E-state index is -0.258. The van der Waals surface area contributed by atoms with E-state index in [-0.39, 0.29) is 29.7 Å². The van der Waals surface area contributed by atoms with Crippen molar-refractivity contribution in [1.29, 1.82) is 0 Å². The fourth-order valence-corrected chi connectivity index (χ4v) is 2.23. The summed E-state index contributed by atoms with van der Waals surface area (Å²) in [5, 5.41) is 6.19. The molecule has 1 heterocycles. The smallest absolute Gasteiger partial charge is 0.240 e. The maximum absolute atomic E-state index is 12.1. The topological polar surface area (TPSA) is 59.6 Å². The highest BCUT2D eigenvalue weighted by Crippen LogP contribution is 2.15. The minimum Gasteiger partial charge on any atom is -0.379 e. The summed E-state index contributed by atoms with van der Waals surface area (Å²) >= 11 is 0. The summed E-state index contributed by atoms with van der Waals surface area (Å²) in [4.78, 5) is 12.1. The second-order valence-electron chi connectivity index (χ2n) is 5.59. The van der Waals surface area contributed by atoms with Crippen LogP contribution in [0, 0.1) is 0 Å². The van der Waals surface area contributed by atoms with E-state index in [1.165, 1.54) is 0 Å². The lowest BCUT2D eigenvalue weighted by Gasteiger charge is -2.32. The third-order valence-electron chi connectivity index (χ3n) is 3.34. The summed E-state index contributed by atoms with van der Waals surface area (Å²) in [7, 11) is 1.69. The van der Waals surface area contributed by atoms with Gasteiger partial charge in [0.15, 0.2) is 0 Å². The molecule has 0 spiro atoms. The summed E-state index contributed by atoms with van der Waals surface area (Å²) in [5.41, 5.74) is -0.227. The zero-order valence-electron chi connectivity index (χ0n) is 12.1. The molecule has 1 amide bonds. The number of hydrogen-bond acceptors (Lipinski definition) is 4. The quantitative estimate of drug-likeness (QED) is 0.761. The summed E-state index contributed by atoms with van der Waals surface area (Å²) in [6.45, 7) is 9.32. The Kier molecular flexibility index (Phi) is 5.56. The maximum Gasteiger partial charge on any atom is 0.240 e. The molecule has 0 bridgehead atoms. The lowest BCUT2D eigenvalue weighted by atomic mass is 9.99. The van der Waals surface area contributed by atoms with Crippen molar-refractivity contribution in [3.63, 3.8) is 0 Å². The van der Waals surface area contributed by atoms with Crippen LogP contribution in [0.25, 0.3) is 0 Å². The number of methoxy groups -OCH3 is 1. The van der Waals surface area contributed by atoms with Gasteiger partial charge in [-0.2, -0.15) is 0 Å². The molecule has 1 saturated heterocycles. The summed E-state index contributed by atoms with van der Waals surface area (Å²) in [6, 6.07) is -0.185. The van der Waals surface area contributed by atoms with Crippen molar-refractivity contribution < 1.29 is 14.3 Å². The Morgan fingerprint density at radius 3 is 2.83 bits per heavy atom. The molecular formula is C13H26N2O3. The van der Waals surface area contributed by atoms with Gasteiger partial charge in [-0.25, -0.2) is 0 Å². The fraction of sp³-hybridized carbons (Fsp3) is 0.923. The molecule has 0 radical (unpaired) electrons. The molecule has 1 aliphatic heterocycles. The first-order chi connectivity index (χ1) is 8.35. The Morgan fingerprint density at radius 2 is 2.28 bits per heavy atom. The van der Waals surface area contributed by atoms with Gasteiger partial charge in [-0.05, 0) is 34.1 Å². The standard InChI is InChI=1S/C13H26N2O3/c1-9(8-13(3,4)17-5)15-12(16)11-10(2)18-7-6-14-11/h9-11,14H,6-8H2,1-5H3,(H,15,16)/t9?,10-,11+/m1/s1. The van der Waals surface area contributed by atoms with E-state index in [0.29, 0.717) is 6.61 Å². The van der Waals surface area contributed by atoms with Crippen LogP contribution < -0.4 is 10.6 Å². The number of morpholine rings is 1. The second-order valence-corrected chi connectivity index (χ2v) is 5.59. The van der Waals surface area contributed by atoms with E-state index in [4.69, 9.17) is 9.47 Å². The first kappa shape index (κ1) is 15.4. The molecule has 106 valence electrons. The molecule has 3 atom stereocenters. The Morgan fingerprint density at radius 1 is 1.61 bits per heavy atom. The monoisotopic (exact) mass is 258 g/mol. The van der Waals surface area contributed by atoms with Crippen molar-refractivity contribution in [1.82, 2.24) is 10.6 Å². The van der Waals surface area contributed by atoms with Crippen molar-refractivity contribution >= 4 is 5.91 Å². The van der Waals surface area contributed by atoms with E-state index in [1.807, 2.05) is 27.7 Å². The number of amides is 1. The van der Waals surface area contributed by atoms with Gasteiger partial charge >= 0.3 is 0 Å². The molecule has 2 N–H and O–H groups in total. The highest BCUT2D eigenvalue weighted by molar-refractivity contribution is 5.82. The molecule has 5 heteroatoms. The Labute approximate surface area is 110 Å². The van der Waals surface area contributed by atoms with Gasteiger partial charge in [0.2, 0.25) is 5.91 Å². The van der Waals surface area contributed by atoms with Crippen LogP contribution in [-0.2, 0) is 14.3 Å². The van der Waals surface area contributed by atoms with E-state index < -0.39 is 0 Å². The molecule has 0 aliphatic carbocycles. The molecule has 1 rings (SSSR count). The SMILES string of the molecule is COC(C)(C)CC(C)NC(=O)[C@H]1NCCO[C@@H]1C. The first-order valence-corrected chi connectivity index (χ1v) is 6.56. The molecular weight excluding hydrogens is 232 g/mol. The zero-order valence-corrected chi connectivity index (χ0v) is 12.1. The zero-order chi connectivity index (χ0) is 13.8. The van der Waals surface area contributed by atoms with Crippen molar-refractivity contribution in [2.75, 3.05) is 20.3 Å². The van der Waals surface area contributed by atoms with Gasteiger partial charge in [0.1, 0.15) is 6.04 Å². The third kappa shape index (κ3) is 4.55. The number of carbonyl (C=O) groups excluding carboxylic acids is 1. The van der Waals surface area contributed by atoms with Gasteiger partial charge in [0.25, 0.3) is 0 Å². The van der Waals surface area contributed by atoms with E-state index in [2.05, 4.69) is 10.6 Å².